The molecule has 0 radical (unpaired) electrons. The topological polar surface area (TPSA) is 17.4 Å². The van der Waals surface area contributed by atoms with E-state index in [9.17, 15) is 0 Å². The predicted molar refractivity (Wildman–Crippen MR) is 258 cm³/mol. The van der Waals surface area contributed by atoms with Crippen molar-refractivity contribution in [1.82, 2.24) is 4.57 Å². The average Bonchev–Trinajstić information content (AvgIpc) is 3.48. The lowest BCUT2D eigenvalue weighted by molar-refractivity contribution is 0.470. The number of hydrogen-bond acceptors (Lipinski definition) is 3. The first kappa shape index (κ1) is 38.1. The van der Waals surface area contributed by atoms with Crippen LogP contribution in [-0.2, 0) is 27.1 Å². The Balaban J connectivity index is 1.25. The molecule has 0 aliphatic carbocycles. The molecule has 0 spiro atoms. The summed E-state index contributed by atoms with van der Waals surface area (Å²) in [6, 6.07) is 36.1. The Morgan fingerprint density at radius 3 is 1.75 bits per heavy atom. The standard InChI is InChI=1S/C55H57BN2OS/c1-51(2,3)30-15-18-34(19-16-30)57-41-21-17-31(52(4,5)6)23-35(41)36-28-38-39(29-42(36)57)56-40-24-32(53(7,8)9)26-45-48(40)58-49-44(25-33(54(10,11)12)27-46(49)60-45)59-43-22-20-37(55(38,13)14)47(56)50(43)58/h15-29H,1-14H3. The maximum absolute atomic E-state index is 7.09. The molecule has 0 unspecified atom stereocenters. The van der Waals surface area contributed by atoms with E-state index in [4.69, 9.17) is 4.74 Å². The summed E-state index contributed by atoms with van der Waals surface area (Å²) < 4.78 is 9.63. The molecule has 0 saturated heterocycles. The minimum Gasteiger partial charge on any atom is -0.453 e. The molecule has 3 nitrogen and oxygen atoms in total. The van der Waals surface area contributed by atoms with Gasteiger partial charge in [0.15, 0.2) is 11.5 Å². The lowest BCUT2D eigenvalue weighted by atomic mass is 9.30. The van der Waals surface area contributed by atoms with Crippen molar-refractivity contribution in [2.24, 2.45) is 0 Å². The van der Waals surface area contributed by atoms with Gasteiger partial charge in [-0.2, -0.15) is 0 Å². The third-order valence-corrected chi connectivity index (χ3v) is 15.3. The van der Waals surface area contributed by atoms with Crippen molar-refractivity contribution in [2.45, 2.75) is 134 Å². The largest absolute Gasteiger partial charge is 0.453 e. The number of benzene rings is 6. The van der Waals surface area contributed by atoms with Crippen LogP contribution in [0.5, 0.6) is 11.5 Å². The van der Waals surface area contributed by atoms with Gasteiger partial charge in [-0.05, 0) is 127 Å². The van der Waals surface area contributed by atoms with Crippen molar-refractivity contribution in [1.29, 1.82) is 0 Å². The zero-order chi connectivity index (χ0) is 42.4. The molecule has 0 atom stereocenters. The summed E-state index contributed by atoms with van der Waals surface area (Å²) in [5, 5.41) is 2.64. The Kier molecular flexibility index (Phi) is 7.45. The van der Waals surface area contributed by atoms with Gasteiger partial charge in [-0.1, -0.05) is 144 Å². The fraction of sp³-hybridized carbons (Fsp3) is 0.345. The molecular weight excluding hydrogens is 747 g/mol. The van der Waals surface area contributed by atoms with Crippen molar-refractivity contribution >= 4 is 73.7 Å². The number of anilines is 3. The van der Waals surface area contributed by atoms with E-state index >= 15 is 0 Å². The highest BCUT2D eigenvalue weighted by Crippen LogP contribution is 2.62. The molecule has 11 rings (SSSR count). The van der Waals surface area contributed by atoms with Gasteiger partial charge in [0.05, 0.1) is 22.4 Å². The van der Waals surface area contributed by atoms with E-state index in [1.54, 1.807) is 0 Å². The quantitative estimate of drug-likeness (QED) is 0.154. The van der Waals surface area contributed by atoms with E-state index in [0.717, 1.165) is 11.5 Å². The molecule has 1 aromatic heterocycles. The van der Waals surface area contributed by atoms with E-state index in [1.165, 1.54) is 104 Å². The molecule has 0 bridgehead atoms. The number of rotatable bonds is 1. The summed E-state index contributed by atoms with van der Waals surface area (Å²) in [6.45, 7) is 32.8. The summed E-state index contributed by atoms with van der Waals surface area (Å²) in [5.74, 6) is 1.91. The first-order valence-corrected chi connectivity index (χ1v) is 22.8. The van der Waals surface area contributed by atoms with Gasteiger partial charge in [0.1, 0.15) is 5.69 Å². The van der Waals surface area contributed by atoms with Crippen LogP contribution in [0.1, 0.15) is 130 Å². The van der Waals surface area contributed by atoms with Crippen molar-refractivity contribution < 1.29 is 4.74 Å². The van der Waals surface area contributed by atoms with Crippen LogP contribution in [0.2, 0.25) is 0 Å². The maximum Gasteiger partial charge on any atom is 0.247 e. The van der Waals surface area contributed by atoms with Crippen LogP contribution in [0.15, 0.2) is 101 Å². The summed E-state index contributed by atoms with van der Waals surface area (Å²) >= 11 is 1.93. The predicted octanol–water partition coefficient (Wildman–Crippen LogP) is 13.5. The van der Waals surface area contributed by atoms with Crippen LogP contribution in [0.4, 0.5) is 17.1 Å². The lowest BCUT2D eigenvalue weighted by Gasteiger charge is -2.49. The average molecular weight is 805 g/mol. The van der Waals surface area contributed by atoms with Crippen LogP contribution in [-0.4, -0.2) is 11.3 Å². The van der Waals surface area contributed by atoms with Crippen molar-refractivity contribution in [3.05, 3.63) is 124 Å². The molecule has 0 N–H and O–H groups in total. The summed E-state index contributed by atoms with van der Waals surface area (Å²) in [5.41, 5.74) is 19.6. The van der Waals surface area contributed by atoms with Crippen LogP contribution in [0, 0.1) is 0 Å². The Morgan fingerprint density at radius 2 is 1.10 bits per heavy atom. The zero-order valence-electron chi connectivity index (χ0n) is 37.9. The molecule has 5 heterocycles. The van der Waals surface area contributed by atoms with E-state index < -0.39 is 0 Å². The summed E-state index contributed by atoms with van der Waals surface area (Å²) in [7, 11) is 0. The third-order valence-electron chi connectivity index (χ3n) is 14.2. The van der Waals surface area contributed by atoms with Crippen molar-refractivity contribution in [3.63, 3.8) is 0 Å². The van der Waals surface area contributed by atoms with Gasteiger partial charge in [0.25, 0.3) is 0 Å². The Morgan fingerprint density at radius 1 is 0.500 bits per heavy atom. The van der Waals surface area contributed by atoms with Gasteiger partial charge in [-0.3, -0.25) is 0 Å². The number of fused-ring (bicyclic) bond motifs is 6. The molecule has 60 heavy (non-hydrogen) atoms. The van der Waals surface area contributed by atoms with E-state index in [1.807, 2.05) is 11.8 Å². The van der Waals surface area contributed by atoms with Gasteiger partial charge in [0, 0.05) is 31.7 Å². The molecule has 0 fully saturated rings. The minimum absolute atomic E-state index is 0.0122. The minimum atomic E-state index is -0.263. The molecular formula is C55H57BN2OS. The highest BCUT2D eigenvalue weighted by atomic mass is 32.2. The van der Waals surface area contributed by atoms with Crippen LogP contribution in [0.25, 0.3) is 27.5 Å². The van der Waals surface area contributed by atoms with Gasteiger partial charge >= 0.3 is 0 Å². The monoisotopic (exact) mass is 804 g/mol. The van der Waals surface area contributed by atoms with Gasteiger partial charge in [-0.25, -0.2) is 0 Å². The maximum atomic E-state index is 7.09. The first-order chi connectivity index (χ1) is 28.0. The molecule has 4 aliphatic heterocycles. The Bertz CT molecular complexity index is 3050. The third kappa shape index (κ3) is 5.17. The van der Waals surface area contributed by atoms with E-state index in [-0.39, 0.29) is 33.8 Å². The molecule has 7 aromatic rings. The number of nitrogens with zero attached hydrogens (tertiary/aromatic N) is 2. The first-order valence-electron chi connectivity index (χ1n) is 22.0. The number of hydrogen-bond donors (Lipinski definition) is 0. The smallest absolute Gasteiger partial charge is 0.247 e. The SMILES string of the molecule is CC(C)(C)c1ccc(-n2c3ccc(C(C)(C)C)cc3c3cc4c(cc32)B2c3cc(C(C)(C)C)cc5c3N3c6c(cc(C(C)(C)C)cc6S5)Oc5ccc(c2c53)C4(C)C)cc1. The molecule has 5 heteroatoms. The number of aromatic nitrogens is 1. The molecule has 0 amide bonds. The molecule has 302 valence electrons. The second kappa shape index (κ2) is 11.7. The summed E-state index contributed by atoms with van der Waals surface area (Å²) in [4.78, 5) is 5.22. The Hall–Kier alpha value is -4.87. The van der Waals surface area contributed by atoms with E-state index in [0.29, 0.717) is 0 Å². The second-order valence-electron chi connectivity index (χ2n) is 22.8. The highest BCUT2D eigenvalue weighted by Gasteiger charge is 2.51. The Labute approximate surface area is 361 Å². The van der Waals surface area contributed by atoms with Crippen LogP contribution in [0.3, 0.4) is 0 Å². The lowest BCUT2D eigenvalue weighted by Crippen LogP contribution is -2.64. The van der Waals surface area contributed by atoms with Crippen LogP contribution < -0.4 is 26.0 Å². The van der Waals surface area contributed by atoms with Crippen LogP contribution >= 0.6 is 11.8 Å². The highest BCUT2D eigenvalue weighted by molar-refractivity contribution is 7.99. The van der Waals surface area contributed by atoms with Gasteiger partial charge in [0.2, 0.25) is 6.71 Å². The zero-order valence-corrected chi connectivity index (χ0v) is 38.8. The van der Waals surface area contributed by atoms with E-state index in [2.05, 4.69) is 197 Å². The summed E-state index contributed by atoms with van der Waals surface area (Å²) in [6.07, 6.45) is 0. The van der Waals surface area contributed by atoms with Crippen molar-refractivity contribution in [3.8, 4) is 17.2 Å². The second-order valence-corrected chi connectivity index (χ2v) is 23.9. The normalized spacial score (nSPS) is 16.0. The molecule has 4 aliphatic rings. The van der Waals surface area contributed by atoms with Gasteiger partial charge in [-0.15, -0.1) is 0 Å². The molecule has 0 saturated carbocycles. The van der Waals surface area contributed by atoms with Crippen molar-refractivity contribution in [2.75, 3.05) is 4.90 Å². The number of ether oxygens (including phenoxy) is 1. The fourth-order valence-electron chi connectivity index (χ4n) is 10.6. The fourth-order valence-corrected chi connectivity index (χ4v) is 11.8. The van der Waals surface area contributed by atoms with Gasteiger partial charge < -0.3 is 14.2 Å². The molecule has 6 aromatic carbocycles.